The maximum Gasteiger partial charge on any atom is 0.124 e. The van der Waals surface area contributed by atoms with E-state index >= 15 is 0 Å². The quantitative estimate of drug-likeness (QED) is 0.528. The summed E-state index contributed by atoms with van der Waals surface area (Å²) in [6.07, 6.45) is 7.05. The molecule has 0 saturated heterocycles. The number of hydrogen-bond acceptors (Lipinski definition) is 3. The molecule has 21 heavy (non-hydrogen) atoms. The number of hydrogen-bond donors (Lipinski definition) is 0. The third-order valence-electron chi connectivity index (χ3n) is 3.56. The third kappa shape index (κ3) is 4.15. The average Bonchev–Trinajstić information content (AvgIpc) is 2.87. The van der Waals surface area contributed by atoms with Crippen molar-refractivity contribution in [2.45, 2.75) is 38.1 Å². The number of rotatable bonds is 8. The molecule has 0 saturated carbocycles. The van der Waals surface area contributed by atoms with Gasteiger partial charge in [-0.1, -0.05) is 12.8 Å². The lowest BCUT2D eigenvalue weighted by molar-refractivity contribution is 0.582. The van der Waals surface area contributed by atoms with Gasteiger partial charge < -0.3 is 4.57 Å². The zero-order valence-corrected chi connectivity index (χ0v) is 13.9. The summed E-state index contributed by atoms with van der Waals surface area (Å²) in [7, 11) is 0. The van der Waals surface area contributed by atoms with Crippen molar-refractivity contribution < 1.29 is 0 Å². The lowest BCUT2D eigenvalue weighted by Crippen LogP contribution is -2.02. The minimum absolute atomic E-state index is 0.406. The number of aryl methyl sites for hydroxylation is 1. The van der Waals surface area contributed by atoms with Crippen molar-refractivity contribution in [2.75, 3.05) is 12.0 Å². The maximum atomic E-state index is 9.04. The fourth-order valence-electron chi connectivity index (χ4n) is 2.46. The number of halogens is 1. The lowest BCUT2D eigenvalue weighted by atomic mass is 10.2. The first-order valence-electron chi connectivity index (χ1n) is 7.24. The van der Waals surface area contributed by atoms with Crippen LogP contribution in [0.15, 0.2) is 18.2 Å². The molecule has 0 amide bonds. The zero-order chi connectivity index (χ0) is 15.1. The number of thioether (sulfide) groups is 1. The highest BCUT2D eigenvalue weighted by Crippen LogP contribution is 2.20. The monoisotopic (exact) mass is 321 g/mol. The summed E-state index contributed by atoms with van der Waals surface area (Å²) in [6, 6.07) is 7.80. The van der Waals surface area contributed by atoms with E-state index in [0.717, 1.165) is 29.8 Å². The van der Waals surface area contributed by atoms with E-state index in [1.54, 1.807) is 6.07 Å². The van der Waals surface area contributed by atoms with Gasteiger partial charge in [-0.05, 0) is 43.0 Å². The molecule has 0 atom stereocenters. The van der Waals surface area contributed by atoms with E-state index in [2.05, 4.69) is 21.9 Å². The van der Waals surface area contributed by atoms with Crippen LogP contribution >= 0.6 is 23.4 Å². The second kappa shape index (κ2) is 8.31. The second-order valence-electron chi connectivity index (χ2n) is 5.04. The molecule has 0 radical (unpaired) electrons. The Bertz CT molecular complexity index is 630. The van der Waals surface area contributed by atoms with E-state index in [4.69, 9.17) is 16.9 Å². The molecule has 0 bridgehead atoms. The number of benzene rings is 1. The highest BCUT2D eigenvalue weighted by Gasteiger charge is 2.10. The van der Waals surface area contributed by atoms with Crippen LogP contribution in [0, 0.1) is 11.3 Å². The van der Waals surface area contributed by atoms with Crippen molar-refractivity contribution in [3.63, 3.8) is 0 Å². The van der Waals surface area contributed by atoms with Crippen LogP contribution < -0.4 is 0 Å². The molecule has 0 unspecified atom stereocenters. The van der Waals surface area contributed by atoms with Crippen molar-refractivity contribution in [3.8, 4) is 6.07 Å². The van der Waals surface area contributed by atoms with Crippen LogP contribution in [-0.2, 0) is 12.4 Å². The van der Waals surface area contributed by atoms with E-state index in [1.165, 1.54) is 25.0 Å². The van der Waals surface area contributed by atoms with Crippen LogP contribution in [0.5, 0.6) is 0 Å². The lowest BCUT2D eigenvalue weighted by Gasteiger charge is -2.07. The minimum atomic E-state index is 0.406. The van der Waals surface area contributed by atoms with Gasteiger partial charge in [-0.15, -0.1) is 11.6 Å². The fraction of sp³-hybridized carbons (Fsp3) is 0.500. The number of nitriles is 1. The zero-order valence-electron chi connectivity index (χ0n) is 12.3. The minimum Gasteiger partial charge on any atom is -0.327 e. The molecular formula is C16H20ClN3S. The fourth-order valence-corrected chi connectivity index (χ4v) is 3.16. The highest BCUT2D eigenvalue weighted by atomic mass is 35.5. The normalized spacial score (nSPS) is 10.9. The summed E-state index contributed by atoms with van der Waals surface area (Å²) in [5.41, 5.74) is 2.62. The van der Waals surface area contributed by atoms with Crippen molar-refractivity contribution in [1.29, 1.82) is 5.26 Å². The first-order valence-corrected chi connectivity index (χ1v) is 9.17. The van der Waals surface area contributed by atoms with Crippen LogP contribution in [-0.4, -0.2) is 21.6 Å². The van der Waals surface area contributed by atoms with Gasteiger partial charge in [0.25, 0.3) is 0 Å². The number of fused-ring (bicyclic) bond motifs is 1. The Kier molecular flexibility index (Phi) is 6.41. The summed E-state index contributed by atoms with van der Waals surface area (Å²) in [6.45, 7) is 0.923. The molecule has 2 aromatic rings. The largest absolute Gasteiger partial charge is 0.327 e. The molecule has 0 aliphatic heterocycles. The molecule has 1 aromatic heterocycles. The van der Waals surface area contributed by atoms with Gasteiger partial charge in [0.15, 0.2) is 0 Å². The Morgan fingerprint density at radius 1 is 1.29 bits per heavy atom. The van der Waals surface area contributed by atoms with Crippen LogP contribution in [0.4, 0.5) is 0 Å². The summed E-state index contributed by atoms with van der Waals surface area (Å²) < 4.78 is 2.16. The molecule has 112 valence electrons. The number of alkyl halides is 1. The molecule has 0 aliphatic carbocycles. The van der Waals surface area contributed by atoms with Crippen LogP contribution in [0.3, 0.4) is 0 Å². The predicted octanol–water partition coefficient (Wildman–Crippen LogP) is 4.57. The predicted molar refractivity (Wildman–Crippen MR) is 90.9 cm³/mol. The molecule has 3 nitrogen and oxygen atoms in total. The van der Waals surface area contributed by atoms with E-state index in [-0.39, 0.29) is 0 Å². The SMILES string of the molecule is CSCCCCCCn1c(CCl)nc2ccc(C#N)cc21. The van der Waals surface area contributed by atoms with Gasteiger partial charge in [-0.3, -0.25) is 0 Å². The Morgan fingerprint density at radius 2 is 2.10 bits per heavy atom. The van der Waals surface area contributed by atoms with Crippen LogP contribution in [0.25, 0.3) is 11.0 Å². The van der Waals surface area contributed by atoms with Crippen molar-refractivity contribution in [1.82, 2.24) is 9.55 Å². The Hall–Kier alpha value is -1.18. The summed E-state index contributed by atoms with van der Waals surface area (Å²) >= 11 is 7.91. The highest BCUT2D eigenvalue weighted by molar-refractivity contribution is 7.98. The number of nitrogens with zero attached hydrogens (tertiary/aromatic N) is 3. The molecule has 1 heterocycles. The Labute approximate surface area is 135 Å². The van der Waals surface area contributed by atoms with E-state index < -0.39 is 0 Å². The number of unbranched alkanes of at least 4 members (excludes halogenated alkanes) is 3. The average molecular weight is 322 g/mol. The van der Waals surface area contributed by atoms with Gasteiger partial charge in [0.05, 0.1) is 28.5 Å². The van der Waals surface area contributed by atoms with Gasteiger partial charge in [-0.2, -0.15) is 17.0 Å². The van der Waals surface area contributed by atoms with Gasteiger partial charge in [0.2, 0.25) is 0 Å². The number of aromatic nitrogens is 2. The van der Waals surface area contributed by atoms with Crippen molar-refractivity contribution >= 4 is 34.4 Å². The van der Waals surface area contributed by atoms with Crippen molar-refractivity contribution in [3.05, 3.63) is 29.6 Å². The third-order valence-corrected chi connectivity index (χ3v) is 4.49. The Balaban J connectivity index is 2.08. The van der Waals surface area contributed by atoms with Crippen molar-refractivity contribution in [2.24, 2.45) is 0 Å². The molecule has 0 N–H and O–H groups in total. The second-order valence-corrected chi connectivity index (χ2v) is 6.29. The topological polar surface area (TPSA) is 41.6 Å². The first-order chi connectivity index (χ1) is 10.3. The van der Waals surface area contributed by atoms with Gasteiger partial charge >= 0.3 is 0 Å². The Morgan fingerprint density at radius 3 is 2.81 bits per heavy atom. The molecule has 0 spiro atoms. The molecule has 0 aliphatic rings. The smallest absolute Gasteiger partial charge is 0.124 e. The molecule has 1 aromatic carbocycles. The summed E-state index contributed by atoms with van der Waals surface area (Å²) in [5, 5.41) is 9.04. The van der Waals surface area contributed by atoms with E-state index in [9.17, 15) is 0 Å². The number of imidazole rings is 1. The van der Waals surface area contributed by atoms with Gasteiger partial charge in [0, 0.05) is 6.54 Å². The van der Waals surface area contributed by atoms with Gasteiger partial charge in [-0.25, -0.2) is 4.98 Å². The van der Waals surface area contributed by atoms with Crippen LogP contribution in [0.1, 0.15) is 37.1 Å². The van der Waals surface area contributed by atoms with E-state index in [0.29, 0.717) is 11.4 Å². The van der Waals surface area contributed by atoms with Crippen LogP contribution in [0.2, 0.25) is 0 Å². The molecular weight excluding hydrogens is 302 g/mol. The first kappa shape index (κ1) is 16.2. The summed E-state index contributed by atoms with van der Waals surface area (Å²) in [4.78, 5) is 4.55. The van der Waals surface area contributed by atoms with Gasteiger partial charge in [0.1, 0.15) is 5.82 Å². The molecule has 2 rings (SSSR count). The molecule has 5 heteroatoms. The maximum absolute atomic E-state index is 9.04. The summed E-state index contributed by atoms with van der Waals surface area (Å²) in [5.74, 6) is 2.54. The molecule has 0 fully saturated rings. The van der Waals surface area contributed by atoms with E-state index in [1.807, 2.05) is 23.9 Å². The standard InChI is InChI=1S/C16H20ClN3S/c1-21-9-5-3-2-4-8-20-15-10-13(12-18)6-7-14(15)19-16(20)11-17/h6-7,10H,2-5,8-9,11H2,1H3.